The van der Waals surface area contributed by atoms with Crippen molar-refractivity contribution in [1.29, 1.82) is 0 Å². The first-order chi connectivity index (χ1) is 15.8. The molecule has 8 nitrogen and oxygen atoms in total. The molecule has 0 bridgehead atoms. The van der Waals surface area contributed by atoms with Gasteiger partial charge >= 0.3 is 5.97 Å². The summed E-state index contributed by atoms with van der Waals surface area (Å²) in [7, 11) is -3.30. The van der Waals surface area contributed by atoms with Crippen molar-refractivity contribution in [2.45, 2.75) is 56.9 Å². The Bertz CT molecular complexity index is 1120. The maximum absolute atomic E-state index is 12.2. The van der Waals surface area contributed by atoms with Crippen molar-refractivity contribution in [2.24, 2.45) is 5.92 Å². The summed E-state index contributed by atoms with van der Waals surface area (Å²) in [6.07, 6.45) is 6.24. The number of fused-ring (bicyclic) bond motifs is 1. The largest absolute Gasteiger partial charge is 0.466 e. The third-order valence-corrected chi connectivity index (χ3v) is 7.96. The lowest BCUT2D eigenvalue weighted by Gasteiger charge is -2.37. The molecule has 0 spiro atoms. The number of benzene rings is 1. The summed E-state index contributed by atoms with van der Waals surface area (Å²) in [6, 6.07) is 5.49. The highest BCUT2D eigenvalue weighted by Gasteiger charge is 2.32. The molecule has 0 radical (unpaired) electrons. The molecule has 2 aliphatic heterocycles. The Balaban J connectivity index is 1.49. The molecule has 2 unspecified atom stereocenters. The lowest BCUT2D eigenvalue weighted by molar-refractivity contribution is -0.150. The van der Waals surface area contributed by atoms with Crippen LogP contribution in [0.5, 0.6) is 0 Å². The molecule has 180 valence electrons. The van der Waals surface area contributed by atoms with Gasteiger partial charge in [0.15, 0.2) is 9.84 Å². The average molecular weight is 475 g/mol. The first-order valence-corrected chi connectivity index (χ1v) is 13.8. The van der Waals surface area contributed by atoms with Gasteiger partial charge in [0, 0.05) is 37.3 Å². The van der Waals surface area contributed by atoms with E-state index in [2.05, 4.69) is 9.80 Å². The lowest BCUT2D eigenvalue weighted by Crippen LogP contribution is -2.45. The van der Waals surface area contributed by atoms with Gasteiger partial charge in [0.2, 0.25) is 5.95 Å². The Morgan fingerprint density at radius 2 is 1.91 bits per heavy atom. The summed E-state index contributed by atoms with van der Waals surface area (Å²) in [5.41, 5.74) is 1.51. The monoisotopic (exact) mass is 474 g/mol. The van der Waals surface area contributed by atoms with Crippen LogP contribution in [0.15, 0.2) is 23.1 Å². The van der Waals surface area contributed by atoms with Gasteiger partial charge in [-0.3, -0.25) is 9.69 Å². The molecular weight excluding hydrogens is 440 g/mol. The number of aryl methyl sites for hydroxylation is 1. The number of esters is 1. The Morgan fingerprint density at radius 1 is 1.12 bits per heavy atom. The van der Waals surface area contributed by atoms with Crippen molar-refractivity contribution in [3.63, 3.8) is 0 Å². The number of likely N-dealkylation sites (tertiary alicyclic amines) is 1. The van der Waals surface area contributed by atoms with E-state index in [4.69, 9.17) is 14.7 Å². The number of aromatic nitrogens is 2. The van der Waals surface area contributed by atoms with Crippen LogP contribution >= 0.6 is 0 Å². The van der Waals surface area contributed by atoms with Gasteiger partial charge in [-0.05, 0) is 70.7 Å². The minimum absolute atomic E-state index is 0.0198. The van der Waals surface area contributed by atoms with Gasteiger partial charge in [-0.25, -0.2) is 18.4 Å². The SMILES string of the molecule is CCOC(=O)C1CCCN(C2CCCN(c3nc(C)c4ccc(S(C)(=O)=O)cc4n3)CC2)C1. The highest BCUT2D eigenvalue weighted by Crippen LogP contribution is 2.27. The summed E-state index contributed by atoms with van der Waals surface area (Å²) in [6.45, 7) is 7.74. The molecule has 0 N–H and O–H groups in total. The van der Waals surface area contributed by atoms with Crippen LogP contribution in [-0.2, 0) is 19.4 Å². The van der Waals surface area contributed by atoms with Gasteiger partial charge in [-0.2, -0.15) is 0 Å². The highest BCUT2D eigenvalue weighted by atomic mass is 32.2. The van der Waals surface area contributed by atoms with Gasteiger partial charge in [-0.1, -0.05) is 0 Å². The maximum atomic E-state index is 12.2. The molecule has 3 heterocycles. The normalized spacial score (nSPS) is 22.8. The van der Waals surface area contributed by atoms with Gasteiger partial charge in [0.05, 0.1) is 28.6 Å². The standard InChI is InChI=1S/C24H34N4O4S/c1-4-32-23(29)18-7-5-13-28(16-18)19-8-6-12-27(14-11-19)24-25-17(2)21-10-9-20(33(3,30)31)15-22(21)26-24/h9-10,15,18-19H,4-8,11-14,16H2,1-3H3. The fourth-order valence-corrected chi connectivity index (χ4v) is 5.70. The first-order valence-electron chi connectivity index (χ1n) is 11.9. The molecule has 4 rings (SSSR count). The molecule has 1 aromatic carbocycles. The van der Waals surface area contributed by atoms with E-state index < -0.39 is 9.84 Å². The zero-order valence-corrected chi connectivity index (χ0v) is 20.6. The molecular formula is C24H34N4O4S. The van der Waals surface area contributed by atoms with E-state index in [1.165, 1.54) is 6.26 Å². The molecule has 2 aromatic rings. The summed E-state index contributed by atoms with van der Waals surface area (Å²) in [5.74, 6) is 0.578. The zero-order chi connectivity index (χ0) is 23.6. The first kappa shape index (κ1) is 23.9. The number of piperidine rings is 1. The second-order valence-corrected chi connectivity index (χ2v) is 11.2. The second-order valence-electron chi connectivity index (χ2n) is 9.22. The van der Waals surface area contributed by atoms with Crippen molar-refractivity contribution in [1.82, 2.24) is 14.9 Å². The molecule has 2 atom stereocenters. The molecule has 0 saturated carbocycles. The van der Waals surface area contributed by atoms with E-state index in [-0.39, 0.29) is 16.8 Å². The number of hydrogen-bond donors (Lipinski definition) is 0. The highest BCUT2D eigenvalue weighted by molar-refractivity contribution is 7.90. The molecule has 33 heavy (non-hydrogen) atoms. The molecule has 2 fully saturated rings. The van der Waals surface area contributed by atoms with Crippen LogP contribution in [0.1, 0.15) is 44.7 Å². The summed E-state index contributed by atoms with van der Waals surface area (Å²) >= 11 is 0. The number of hydrogen-bond acceptors (Lipinski definition) is 8. The number of anilines is 1. The molecule has 0 amide bonds. The third kappa shape index (κ3) is 5.46. The van der Waals surface area contributed by atoms with Crippen molar-refractivity contribution in [3.05, 3.63) is 23.9 Å². The Labute approximate surface area is 196 Å². The summed E-state index contributed by atoms with van der Waals surface area (Å²) in [5, 5.41) is 0.872. The summed E-state index contributed by atoms with van der Waals surface area (Å²) in [4.78, 5) is 26.7. The van der Waals surface area contributed by atoms with Crippen LogP contribution in [0, 0.1) is 12.8 Å². The minimum Gasteiger partial charge on any atom is -0.466 e. The fourth-order valence-electron chi connectivity index (χ4n) is 5.06. The van der Waals surface area contributed by atoms with Gasteiger partial charge in [0.1, 0.15) is 0 Å². The fraction of sp³-hybridized carbons (Fsp3) is 0.625. The number of nitrogens with zero attached hydrogens (tertiary/aromatic N) is 4. The van der Waals surface area contributed by atoms with Crippen LogP contribution in [-0.4, -0.2) is 74.3 Å². The number of carbonyl (C=O) groups is 1. The van der Waals surface area contributed by atoms with Crippen LogP contribution < -0.4 is 4.90 Å². The summed E-state index contributed by atoms with van der Waals surface area (Å²) < 4.78 is 29.3. The number of ether oxygens (including phenoxy) is 1. The lowest BCUT2D eigenvalue weighted by atomic mass is 9.95. The van der Waals surface area contributed by atoms with Gasteiger partial charge in [0.25, 0.3) is 0 Å². The van der Waals surface area contributed by atoms with Gasteiger partial charge in [-0.15, -0.1) is 0 Å². The van der Waals surface area contributed by atoms with E-state index in [0.717, 1.165) is 69.4 Å². The smallest absolute Gasteiger partial charge is 0.310 e. The number of sulfone groups is 1. The predicted octanol–water partition coefficient (Wildman–Crippen LogP) is 2.98. The predicted molar refractivity (Wildman–Crippen MR) is 128 cm³/mol. The van der Waals surface area contributed by atoms with Crippen LogP contribution in [0.25, 0.3) is 10.9 Å². The number of carbonyl (C=O) groups excluding carboxylic acids is 1. The van der Waals surface area contributed by atoms with Gasteiger partial charge < -0.3 is 9.64 Å². The average Bonchev–Trinajstić information content (AvgIpc) is 3.05. The van der Waals surface area contributed by atoms with Crippen molar-refractivity contribution in [3.8, 4) is 0 Å². The zero-order valence-electron chi connectivity index (χ0n) is 19.8. The molecule has 2 aliphatic rings. The third-order valence-electron chi connectivity index (χ3n) is 6.84. The molecule has 1 aromatic heterocycles. The maximum Gasteiger partial charge on any atom is 0.310 e. The second kappa shape index (κ2) is 9.93. The van der Waals surface area contributed by atoms with Crippen molar-refractivity contribution in [2.75, 3.05) is 43.9 Å². The van der Waals surface area contributed by atoms with Crippen molar-refractivity contribution >= 4 is 32.7 Å². The van der Waals surface area contributed by atoms with Crippen LogP contribution in [0.4, 0.5) is 5.95 Å². The van der Waals surface area contributed by atoms with Crippen molar-refractivity contribution < 1.29 is 17.9 Å². The quantitative estimate of drug-likeness (QED) is 0.611. The molecule has 9 heteroatoms. The molecule has 0 aliphatic carbocycles. The Kier molecular flexibility index (Phi) is 7.19. The van der Waals surface area contributed by atoms with E-state index >= 15 is 0 Å². The topological polar surface area (TPSA) is 92.7 Å². The number of rotatable bonds is 5. The van der Waals surface area contributed by atoms with E-state index in [9.17, 15) is 13.2 Å². The van der Waals surface area contributed by atoms with E-state index in [0.29, 0.717) is 24.1 Å². The minimum atomic E-state index is -3.30. The van der Waals surface area contributed by atoms with E-state index in [1.807, 2.05) is 13.8 Å². The Hall–Kier alpha value is -2.26. The van der Waals surface area contributed by atoms with E-state index in [1.54, 1.807) is 18.2 Å². The Morgan fingerprint density at radius 3 is 2.67 bits per heavy atom. The van der Waals surface area contributed by atoms with Crippen LogP contribution in [0.3, 0.4) is 0 Å². The molecule has 2 saturated heterocycles. The van der Waals surface area contributed by atoms with Crippen LogP contribution in [0.2, 0.25) is 0 Å².